The molecule has 0 amide bonds. The molecule has 1 N–H and O–H groups in total. The normalized spacial score (nSPS) is 10.9. The highest BCUT2D eigenvalue weighted by atomic mass is 32.1. The maximum Gasteiger partial charge on any atom is 0.131 e. The van der Waals surface area contributed by atoms with Gasteiger partial charge in [-0.05, 0) is 18.9 Å². The molecule has 5 heteroatoms. The molecule has 1 aromatic carbocycles. The van der Waals surface area contributed by atoms with E-state index in [1.807, 2.05) is 0 Å². The standard InChI is InChI=1S/C15H21N3OS/c1-12-4-3-5-13(10-12)6-7-14-17-18-15(20-14)11-16-8-9-19-2/h3-5,10,16H,6-9,11H2,1-2H3. The Labute approximate surface area is 124 Å². The molecule has 0 spiro atoms. The van der Waals surface area contributed by atoms with Gasteiger partial charge in [-0.25, -0.2) is 0 Å². The van der Waals surface area contributed by atoms with Crippen molar-refractivity contribution in [3.05, 3.63) is 45.4 Å². The lowest BCUT2D eigenvalue weighted by Gasteiger charge is -2.00. The molecule has 4 nitrogen and oxygen atoms in total. The summed E-state index contributed by atoms with van der Waals surface area (Å²) in [4.78, 5) is 0. The van der Waals surface area contributed by atoms with Crippen molar-refractivity contribution in [2.24, 2.45) is 0 Å². The minimum Gasteiger partial charge on any atom is -0.383 e. The van der Waals surface area contributed by atoms with Crippen LogP contribution >= 0.6 is 11.3 Å². The van der Waals surface area contributed by atoms with E-state index in [0.717, 1.165) is 42.6 Å². The van der Waals surface area contributed by atoms with Crippen LogP contribution in [0.4, 0.5) is 0 Å². The zero-order valence-corrected chi connectivity index (χ0v) is 12.9. The Morgan fingerprint density at radius 3 is 2.85 bits per heavy atom. The van der Waals surface area contributed by atoms with Crippen LogP contribution in [0.1, 0.15) is 21.1 Å². The summed E-state index contributed by atoms with van der Waals surface area (Å²) in [5.74, 6) is 0. The number of benzene rings is 1. The lowest BCUT2D eigenvalue weighted by Crippen LogP contribution is -2.18. The molecule has 0 bridgehead atoms. The van der Waals surface area contributed by atoms with E-state index >= 15 is 0 Å². The second kappa shape index (κ2) is 8.09. The first-order valence-electron chi connectivity index (χ1n) is 6.84. The Bertz CT molecular complexity index is 527. The van der Waals surface area contributed by atoms with Crippen LogP contribution in [0.25, 0.3) is 0 Å². The Balaban J connectivity index is 1.78. The average Bonchev–Trinajstić information content (AvgIpc) is 2.89. The van der Waals surface area contributed by atoms with Gasteiger partial charge in [0.2, 0.25) is 0 Å². The van der Waals surface area contributed by atoms with Crippen molar-refractivity contribution in [1.82, 2.24) is 15.5 Å². The maximum absolute atomic E-state index is 4.99. The number of hydrogen-bond donors (Lipinski definition) is 1. The number of nitrogens with zero attached hydrogens (tertiary/aromatic N) is 2. The van der Waals surface area contributed by atoms with Crippen molar-refractivity contribution in [3.63, 3.8) is 0 Å². The van der Waals surface area contributed by atoms with E-state index in [2.05, 4.69) is 46.7 Å². The van der Waals surface area contributed by atoms with Gasteiger partial charge in [-0.1, -0.05) is 29.8 Å². The summed E-state index contributed by atoms with van der Waals surface area (Å²) in [7, 11) is 1.70. The van der Waals surface area contributed by atoms with Gasteiger partial charge in [0, 0.05) is 26.6 Å². The summed E-state index contributed by atoms with van der Waals surface area (Å²) in [6.07, 6.45) is 1.98. The van der Waals surface area contributed by atoms with E-state index in [0.29, 0.717) is 0 Å². The zero-order valence-electron chi connectivity index (χ0n) is 12.1. The molecule has 0 fully saturated rings. The van der Waals surface area contributed by atoms with Gasteiger partial charge in [0.1, 0.15) is 10.0 Å². The SMILES string of the molecule is COCCNCc1nnc(CCc2cccc(C)c2)s1. The van der Waals surface area contributed by atoms with Gasteiger partial charge in [0.05, 0.1) is 6.61 Å². The summed E-state index contributed by atoms with van der Waals surface area (Å²) < 4.78 is 4.99. The third-order valence-electron chi connectivity index (χ3n) is 2.98. The van der Waals surface area contributed by atoms with Gasteiger partial charge < -0.3 is 10.1 Å². The lowest BCUT2D eigenvalue weighted by molar-refractivity contribution is 0.199. The average molecular weight is 291 g/mol. The Morgan fingerprint density at radius 1 is 1.20 bits per heavy atom. The highest BCUT2D eigenvalue weighted by molar-refractivity contribution is 7.11. The van der Waals surface area contributed by atoms with Crippen molar-refractivity contribution in [1.29, 1.82) is 0 Å². The van der Waals surface area contributed by atoms with E-state index in [1.54, 1.807) is 18.4 Å². The highest BCUT2D eigenvalue weighted by Crippen LogP contribution is 2.13. The van der Waals surface area contributed by atoms with Crippen LogP contribution in [0, 0.1) is 6.92 Å². The molecule has 108 valence electrons. The molecule has 0 unspecified atom stereocenters. The van der Waals surface area contributed by atoms with E-state index in [9.17, 15) is 0 Å². The predicted molar refractivity (Wildman–Crippen MR) is 82.1 cm³/mol. The number of hydrogen-bond acceptors (Lipinski definition) is 5. The topological polar surface area (TPSA) is 47.0 Å². The Kier molecular flexibility index (Phi) is 6.11. The van der Waals surface area contributed by atoms with Crippen molar-refractivity contribution in [2.75, 3.05) is 20.3 Å². The van der Waals surface area contributed by atoms with Gasteiger partial charge in [-0.2, -0.15) is 0 Å². The second-order valence-corrected chi connectivity index (χ2v) is 5.89. The van der Waals surface area contributed by atoms with E-state index < -0.39 is 0 Å². The summed E-state index contributed by atoms with van der Waals surface area (Å²) in [6, 6.07) is 8.63. The molecule has 1 heterocycles. The minimum absolute atomic E-state index is 0.721. The molecule has 0 radical (unpaired) electrons. The van der Waals surface area contributed by atoms with Crippen LogP contribution in [0.3, 0.4) is 0 Å². The summed E-state index contributed by atoms with van der Waals surface area (Å²) in [5, 5.41) is 13.9. The monoisotopic (exact) mass is 291 g/mol. The molecule has 2 rings (SSSR count). The first kappa shape index (κ1) is 15.1. The van der Waals surface area contributed by atoms with Crippen molar-refractivity contribution < 1.29 is 4.74 Å². The molecule has 2 aromatic rings. The quantitative estimate of drug-likeness (QED) is 0.759. The van der Waals surface area contributed by atoms with Crippen LogP contribution in [0.2, 0.25) is 0 Å². The first-order chi connectivity index (χ1) is 9.78. The number of aromatic nitrogens is 2. The fourth-order valence-corrected chi connectivity index (χ4v) is 2.76. The molecule has 0 atom stereocenters. The summed E-state index contributed by atoms with van der Waals surface area (Å²) in [6.45, 7) is 4.46. The third-order valence-corrected chi connectivity index (χ3v) is 3.96. The number of nitrogens with one attached hydrogen (secondary N) is 1. The van der Waals surface area contributed by atoms with Crippen molar-refractivity contribution >= 4 is 11.3 Å². The van der Waals surface area contributed by atoms with E-state index in [4.69, 9.17) is 4.74 Å². The molecule has 0 saturated heterocycles. The number of rotatable bonds is 8. The maximum atomic E-state index is 4.99. The lowest BCUT2D eigenvalue weighted by atomic mass is 10.1. The fourth-order valence-electron chi connectivity index (χ4n) is 1.95. The van der Waals surface area contributed by atoms with E-state index in [-0.39, 0.29) is 0 Å². The van der Waals surface area contributed by atoms with Crippen LogP contribution in [-0.2, 0) is 24.1 Å². The zero-order chi connectivity index (χ0) is 14.2. The Hall–Kier alpha value is -1.30. The number of methoxy groups -OCH3 is 1. The van der Waals surface area contributed by atoms with Crippen LogP contribution in [0.5, 0.6) is 0 Å². The second-order valence-electron chi connectivity index (χ2n) is 4.75. The van der Waals surface area contributed by atoms with Crippen LogP contribution in [-0.4, -0.2) is 30.5 Å². The number of ether oxygens (including phenoxy) is 1. The smallest absolute Gasteiger partial charge is 0.131 e. The molecule has 0 aliphatic carbocycles. The predicted octanol–water partition coefficient (Wildman–Crippen LogP) is 2.37. The van der Waals surface area contributed by atoms with Crippen LogP contribution in [0.15, 0.2) is 24.3 Å². The molecule has 20 heavy (non-hydrogen) atoms. The summed E-state index contributed by atoms with van der Waals surface area (Å²) >= 11 is 1.69. The molecule has 0 aliphatic heterocycles. The van der Waals surface area contributed by atoms with Crippen LogP contribution < -0.4 is 5.32 Å². The Morgan fingerprint density at radius 2 is 2.05 bits per heavy atom. The molecular weight excluding hydrogens is 270 g/mol. The molecular formula is C15H21N3OS. The van der Waals surface area contributed by atoms with Gasteiger partial charge in [0.25, 0.3) is 0 Å². The van der Waals surface area contributed by atoms with Crippen molar-refractivity contribution in [3.8, 4) is 0 Å². The molecule has 0 saturated carbocycles. The largest absolute Gasteiger partial charge is 0.383 e. The fraction of sp³-hybridized carbons (Fsp3) is 0.467. The van der Waals surface area contributed by atoms with Gasteiger partial charge in [-0.15, -0.1) is 21.5 Å². The van der Waals surface area contributed by atoms with Crippen molar-refractivity contribution in [2.45, 2.75) is 26.3 Å². The van der Waals surface area contributed by atoms with Gasteiger partial charge in [-0.3, -0.25) is 0 Å². The number of aryl methyl sites for hydroxylation is 3. The minimum atomic E-state index is 0.721. The van der Waals surface area contributed by atoms with Gasteiger partial charge >= 0.3 is 0 Å². The highest BCUT2D eigenvalue weighted by Gasteiger charge is 2.04. The summed E-state index contributed by atoms with van der Waals surface area (Å²) in [5.41, 5.74) is 2.67. The van der Waals surface area contributed by atoms with E-state index in [1.165, 1.54) is 11.1 Å². The third kappa shape index (κ3) is 5.00. The molecule has 0 aliphatic rings. The molecule has 1 aromatic heterocycles. The first-order valence-corrected chi connectivity index (χ1v) is 7.66. The van der Waals surface area contributed by atoms with Gasteiger partial charge in [0.15, 0.2) is 0 Å².